The molecular formula is C23H24O4. The Bertz CT molecular complexity index is 961. The van der Waals surface area contributed by atoms with E-state index in [1.54, 1.807) is 7.11 Å². The second-order valence-corrected chi connectivity index (χ2v) is 6.52. The van der Waals surface area contributed by atoms with E-state index in [2.05, 4.69) is 25.1 Å². The first-order valence-corrected chi connectivity index (χ1v) is 9.07. The molecule has 3 rings (SSSR count). The summed E-state index contributed by atoms with van der Waals surface area (Å²) in [6, 6.07) is 16.2. The molecule has 3 aromatic rings. The van der Waals surface area contributed by atoms with Crippen LogP contribution in [0.25, 0.3) is 10.8 Å². The van der Waals surface area contributed by atoms with E-state index in [0.29, 0.717) is 11.1 Å². The van der Waals surface area contributed by atoms with Crippen LogP contribution in [0.4, 0.5) is 0 Å². The van der Waals surface area contributed by atoms with E-state index in [9.17, 15) is 9.90 Å². The third kappa shape index (κ3) is 3.61. The number of methoxy groups -OCH3 is 2. The van der Waals surface area contributed by atoms with Crippen LogP contribution in [0.5, 0.6) is 11.5 Å². The van der Waals surface area contributed by atoms with Gasteiger partial charge in [0.2, 0.25) is 0 Å². The van der Waals surface area contributed by atoms with Gasteiger partial charge < -0.3 is 14.6 Å². The minimum absolute atomic E-state index is 0.149. The van der Waals surface area contributed by atoms with Gasteiger partial charge in [-0.1, -0.05) is 61.9 Å². The van der Waals surface area contributed by atoms with Crippen LogP contribution in [0, 0.1) is 0 Å². The summed E-state index contributed by atoms with van der Waals surface area (Å²) in [5, 5.41) is 11.4. The molecule has 0 heterocycles. The molecule has 0 saturated carbocycles. The van der Waals surface area contributed by atoms with Gasteiger partial charge in [-0.15, -0.1) is 0 Å². The largest absolute Gasteiger partial charge is 0.493 e. The Morgan fingerprint density at radius 3 is 2.22 bits per heavy atom. The van der Waals surface area contributed by atoms with Crippen molar-refractivity contribution in [3.05, 3.63) is 70.8 Å². The molecule has 4 nitrogen and oxygen atoms in total. The van der Waals surface area contributed by atoms with E-state index in [0.717, 1.165) is 35.8 Å². The van der Waals surface area contributed by atoms with Crippen molar-refractivity contribution < 1.29 is 19.4 Å². The number of carbonyl (C=O) groups is 1. The first kappa shape index (κ1) is 18.8. The first-order valence-electron chi connectivity index (χ1n) is 9.07. The lowest BCUT2D eigenvalue weighted by Crippen LogP contribution is -2.07. The van der Waals surface area contributed by atoms with E-state index in [4.69, 9.17) is 9.47 Å². The molecular weight excluding hydrogens is 340 g/mol. The highest BCUT2D eigenvalue weighted by Crippen LogP contribution is 2.42. The van der Waals surface area contributed by atoms with Crippen LogP contribution < -0.4 is 9.47 Å². The molecule has 3 aromatic carbocycles. The van der Waals surface area contributed by atoms with E-state index in [-0.39, 0.29) is 11.3 Å². The number of hydrogen-bond acceptors (Lipinski definition) is 3. The summed E-state index contributed by atoms with van der Waals surface area (Å²) in [5.41, 5.74) is 3.49. The Hall–Kier alpha value is -3.01. The van der Waals surface area contributed by atoms with Crippen LogP contribution in [-0.4, -0.2) is 25.3 Å². The van der Waals surface area contributed by atoms with Crippen LogP contribution in [-0.2, 0) is 12.8 Å². The maximum Gasteiger partial charge on any atom is 0.340 e. The minimum atomic E-state index is -1.02. The fourth-order valence-electron chi connectivity index (χ4n) is 3.62. The highest BCUT2D eigenvalue weighted by molar-refractivity contribution is 6.09. The Labute approximate surface area is 159 Å². The third-order valence-electron chi connectivity index (χ3n) is 4.76. The van der Waals surface area contributed by atoms with Gasteiger partial charge in [0.15, 0.2) is 11.5 Å². The number of carboxylic acid groups (broad SMARTS) is 1. The number of fused-ring (bicyclic) bond motifs is 1. The fourth-order valence-corrected chi connectivity index (χ4v) is 3.62. The van der Waals surface area contributed by atoms with Gasteiger partial charge in [-0.25, -0.2) is 4.79 Å². The van der Waals surface area contributed by atoms with Crippen LogP contribution in [0.3, 0.4) is 0 Å². The molecule has 0 aliphatic carbocycles. The Kier molecular flexibility index (Phi) is 5.65. The van der Waals surface area contributed by atoms with Gasteiger partial charge in [-0.05, 0) is 29.4 Å². The molecule has 0 radical (unpaired) electrons. The summed E-state index contributed by atoms with van der Waals surface area (Å²) in [6.45, 7) is 2.09. The summed E-state index contributed by atoms with van der Waals surface area (Å²) < 4.78 is 11.0. The minimum Gasteiger partial charge on any atom is -0.493 e. The molecule has 0 aliphatic rings. The van der Waals surface area contributed by atoms with Gasteiger partial charge in [0.05, 0.1) is 14.2 Å². The molecule has 1 N–H and O–H groups in total. The van der Waals surface area contributed by atoms with Crippen molar-refractivity contribution in [2.75, 3.05) is 14.2 Å². The molecule has 0 bridgehead atoms. The zero-order valence-electron chi connectivity index (χ0n) is 15.9. The number of benzene rings is 3. The molecule has 27 heavy (non-hydrogen) atoms. The molecule has 0 aromatic heterocycles. The average Bonchev–Trinajstić information content (AvgIpc) is 2.68. The van der Waals surface area contributed by atoms with Crippen molar-refractivity contribution in [2.45, 2.75) is 26.2 Å². The van der Waals surface area contributed by atoms with E-state index in [1.165, 1.54) is 12.7 Å². The molecule has 0 saturated heterocycles. The maximum absolute atomic E-state index is 12.0. The topological polar surface area (TPSA) is 55.8 Å². The average molecular weight is 364 g/mol. The maximum atomic E-state index is 12.0. The van der Waals surface area contributed by atoms with Gasteiger partial charge in [-0.3, -0.25) is 0 Å². The van der Waals surface area contributed by atoms with Crippen molar-refractivity contribution >= 4 is 16.7 Å². The Morgan fingerprint density at radius 1 is 0.926 bits per heavy atom. The van der Waals surface area contributed by atoms with E-state index >= 15 is 0 Å². The summed E-state index contributed by atoms with van der Waals surface area (Å²) in [7, 11) is 3.04. The zero-order chi connectivity index (χ0) is 19.4. The predicted molar refractivity (Wildman–Crippen MR) is 107 cm³/mol. The number of hydrogen-bond donors (Lipinski definition) is 1. The van der Waals surface area contributed by atoms with Gasteiger partial charge in [0, 0.05) is 10.9 Å². The highest BCUT2D eigenvalue weighted by atomic mass is 16.5. The quantitative estimate of drug-likeness (QED) is 0.634. The molecule has 0 fully saturated rings. The van der Waals surface area contributed by atoms with Crippen molar-refractivity contribution in [1.82, 2.24) is 0 Å². The molecule has 140 valence electrons. The number of aryl methyl sites for hydroxylation is 1. The lowest BCUT2D eigenvalue weighted by molar-refractivity contribution is 0.0695. The van der Waals surface area contributed by atoms with Crippen LogP contribution in [0.2, 0.25) is 0 Å². The molecule has 0 spiro atoms. The molecule has 0 aliphatic heterocycles. The smallest absolute Gasteiger partial charge is 0.340 e. The summed E-state index contributed by atoms with van der Waals surface area (Å²) in [4.78, 5) is 12.0. The fraction of sp³-hybridized carbons (Fsp3) is 0.261. The van der Waals surface area contributed by atoms with Crippen LogP contribution in [0.1, 0.15) is 40.4 Å². The first-order chi connectivity index (χ1) is 13.1. The van der Waals surface area contributed by atoms with Gasteiger partial charge in [0.25, 0.3) is 0 Å². The third-order valence-corrected chi connectivity index (χ3v) is 4.76. The van der Waals surface area contributed by atoms with E-state index in [1.807, 2.05) is 30.3 Å². The molecule has 0 amide bonds. The molecule has 4 heteroatoms. The van der Waals surface area contributed by atoms with Crippen molar-refractivity contribution in [2.24, 2.45) is 0 Å². The summed E-state index contributed by atoms with van der Waals surface area (Å²) >= 11 is 0. The second kappa shape index (κ2) is 8.12. The number of ether oxygens (including phenoxy) is 2. The second-order valence-electron chi connectivity index (χ2n) is 6.52. The number of aromatic carboxylic acids is 1. The predicted octanol–water partition coefficient (Wildman–Crippen LogP) is 5.10. The monoisotopic (exact) mass is 364 g/mol. The number of carboxylic acids is 1. The zero-order valence-corrected chi connectivity index (χ0v) is 15.9. The van der Waals surface area contributed by atoms with Gasteiger partial charge in [-0.2, -0.15) is 0 Å². The van der Waals surface area contributed by atoms with Gasteiger partial charge >= 0.3 is 5.97 Å². The van der Waals surface area contributed by atoms with Crippen LogP contribution >= 0.6 is 0 Å². The van der Waals surface area contributed by atoms with Crippen molar-refractivity contribution in [3.63, 3.8) is 0 Å². The summed E-state index contributed by atoms with van der Waals surface area (Å²) in [5.74, 6) is -0.216. The van der Waals surface area contributed by atoms with Gasteiger partial charge in [0.1, 0.15) is 5.56 Å². The number of rotatable bonds is 7. The van der Waals surface area contributed by atoms with Crippen LogP contribution in [0.15, 0.2) is 48.5 Å². The highest BCUT2D eigenvalue weighted by Gasteiger charge is 2.24. The standard InChI is InChI=1S/C23H24O4/c1-4-8-18-19-14-16(13-15-9-6-5-7-10-15)11-12-17(19)20(23(24)25)22(27-3)21(18)26-2/h5-7,9-12,14H,4,8,13H2,1-3H3,(H,24,25). The lowest BCUT2D eigenvalue weighted by Gasteiger charge is -2.19. The summed E-state index contributed by atoms with van der Waals surface area (Å²) in [6.07, 6.45) is 2.49. The SMILES string of the molecule is CCCc1c(OC)c(OC)c(C(=O)O)c2ccc(Cc3ccccc3)cc12. The normalized spacial score (nSPS) is 10.8. The Morgan fingerprint density at radius 2 is 1.63 bits per heavy atom. The van der Waals surface area contributed by atoms with Crippen molar-refractivity contribution in [1.29, 1.82) is 0 Å². The lowest BCUT2D eigenvalue weighted by atomic mass is 9.92. The Balaban J connectivity index is 2.27. The van der Waals surface area contributed by atoms with E-state index < -0.39 is 5.97 Å². The molecule has 0 atom stereocenters. The molecule has 0 unspecified atom stereocenters. The van der Waals surface area contributed by atoms with Crippen molar-refractivity contribution in [3.8, 4) is 11.5 Å².